The van der Waals surface area contributed by atoms with Gasteiger partial charge in [0.25, 0.3) is 0 Å². The molecular weight excluding hydrogens is 292 g/mol. The summed E-state index contributed by atoms with van der Waals surface area (Å²) in [7, 11) is 1.92. The number of aromatic amines is 1. The van der Waals surface area contributed by atoms with E-state index in [0.29, 0.717) is 25.0 Å². The highest BCUT2D eigenvalue weighted by Crippen LogP contribution is 2.15. The average Bonchev–Trinajstić information content (AvgIpc) is 3.05. The third kappa shape index (κ3) is 3.08. The fourth-order valence-corrected chi connectivity index (χ4v) is 2.73. The molecule has 3 aromatic heterocycles. The molecule has 0 saturated carbocycles. The Balaban J connectivity index is 1.58. The zero-order chi connectivity index (χ0) is 16.4. The van der Waals surface area contributed by atoms with E-state index in [9.17, 15) is 4.79 Å². The number of fused-ring (bicyclic) bond motifs is 1. The molecule has 1 amide bonds. The summed E-state index contributed by atoms with van der Waals surface area (Å²) < 4.78 is 1.85. The minimum Gasteiger partial charge on any atom is -0.350 e. The molecule has 3 aromatic rings. The molecule has 0 atom stereocenters. The topological polar surface area (TPSA) is 88.5 Å². The largest absolute Gasteiger partial charge is 0.350 e. The lowest BCUT2D eigenvalue weighted by Gasteiger charge is -2.05. The number of nitrogens with one attached hydrogen (secondary N) is 2. The van der Waals surface area contributed by atoms with Gasteiger partial charge >= 0.3 is 0 Å². The van der Waals surface area contributed by atoms with Crippen molar-refractivity contribution in [1.82, 2.24) is 30.3 Å². The third-order valence-electron chi connectivity index (χ3n) is 4.13. The molecule has 0 spiro atoms. The molecule has 0 radical (unpaired) electrons. The first-order valence-electron chi connectivity index (χ1n) is 7.60. The van der Waals surface area contributed by atoms with Crippen LogP contribution in [-0.4, -0.2) is 30.9 Å². The monoisotopic (exact) mass is 312 g/mol. The summed E-state index contributed by atoms with van der Waals surface area (Å²) in [5.41, 5.74) is 4.79. The van der Waals surface area contributed by atoms with Crippen LogP contribution in [0.4, 0.5) is 0 Å². The molecule has 3 rings (SSSR count). The molecule has 120 valence electrons. The lowest BCUT2D eigenvalue weighted by atomic mass is 10.1. The van der Waals surface area contributed by atoms with Crippen molar-refractivity contribution in [2.24, 2.45) is 7.05 Å². The zero-order valence-electron chi connectivity index (χ0n) is 13.6. The van der Waals surface area contributed by atoms with E-state index in [2.05, 4.69) is 25.6 Å². The molecule has 0 saturated heterocycles. The van der Waals surface area contributed by atoms with E-state index in [0.717, 1.165) is 28.0 Å². The Labute approximate surface area is 134 Å². The summed E-state index contributed by atoms with van der Waals surface area (Å²) in [6.07, 6.45) is 2.84. The second kappa shape index (κ2) is 6.20. The number of rotatable bonds is 5. The van der Waals surface area contributed by atoms with Gasteiger partial charge < -0.3 is 5.32 Å². The van der Waals surface area contributed by atoms with Gasteiger partial charge in [-0.15, -0.1) is 0 Å². The number of carbonyl (C=O) groups is 1. The molecule has 2 N–H and O–H groups in total. The number of H-pyrrole nitrogens is 1. The number of hydrogen-bond acceptors (Lipinski definition) is 4. The number of amides is 1. The average molecular weight is 312 g/mol. The molecule has 7 nitrogen and oxygen atoms in total. The zero-order valence-corrected chi connectivity index (χ0v) is 13.6. The van der Waals surface area contributed by atoms with Gasteiger partial charge in [-0.2, -0.15) is 10.2 Å². The van der Waals surface area contributed by atoms with E-state index in [1.54, 1.807) is 6.20 Å². The van der Waals surface area contributed by atoms with Crippen molar-refractivity contribution in [2.75, 3.05) is 0 Å². The molecule has 3 heterocycles. The van der Waals surface area contributed by atoms with E-state index in [4.69, 9.17) is 0 Å². The maximum Gasteiger partial charge on any atom is 0.220 e. The van der Waals surface area contributed by atoms with Crippen LogP contribution in [0.15, 0.2) is 18.3 Å². The summed E-state index contributed by atoms with van der Waals surface area (Å²) in [4.78, 5) is 16.3. The number of pyridine rings is 1. The summed E-state index contributed by atoms with van der Waals surface area (Å²) in [6.45, 7) is 4.42. The molecule has 0 unspecified atom stereocenters. The fourth-order valence-electron chi connectivity index (χ4n) is 2.73. The van der Waals surface area contributed by atoms with Crippen LogP contribution in [0.2, 0.25) is 0 Å². The van der Waals surface area contributed by atoms with Gasteiger partial charge in [-0.3, -0.25) is 14.6 Å². The minimum absolute atomic E-state index is 0.0132. The van der Waals surface area contributed by atoms with Crippen molar-refractivity contribution in [1.29, 1.82) is 0 Å². The number of hydrogen-bond donors (Lipinski definition) is 2. The van der Waals surface area contributed by atoms with Crippen molar-refractivity contribution in [3.05, 3.63) is 41.0 Å². The summed E-state index contributed by atoms with van der Waals surface area (Å²) >= 11 is 0. The molecule has 0 aromatic carbocycles. The van der Waals surface area contributed by atoms with Gasteiger partial charge in [0.2, 0.25) is 5.91 Å². The first-order chi connectivity index (χ1) is 11.1. The van der Waals surface area contributed by atoms with Crippen molar-refractivity contribution in [3.63, 3.8) is 0 Å². The van der Waals surface area contributed by atoms with Crippen LogP contribution in [0.25, 0.3) is 11.0 Å². The third-order valence-corrected chi connectivity index (χ3v) is 4.13. The Hall–Kier alpha value is -2.70. The number of aryl methyl sites for hydroxylation is 2. The van der Waals surface area contributed by atoms with Gasteiger partial charge in [0, 0.05) is 30.7 Å². The van der Waals surface area contributed by atoms with Crippen LogP contribution >= 0.6 is 0 Å². The van der Waals surface area contributed by atoms with Crippen molar-refractivity contribution in [3.8, 4) is 0 Å². The Morgan fingerprint density at radius 2 is 2.22 bits per heavy atom. The van der Waals surface area contributed by atoms with Gasteiger partial charge in [0.05, 0.1) is 17.9 Å². The second-order valence-electron chi connectivity index (χ2n) is 5.63. The van der Waals surface area contributed by atoms with Crippen LogP contribution < -0.4 is 5.32 Å². The summed E-state index contributed by atoms with van der Waals surface area (Å²) in [5, 5.41) is 15.3. The van der Waals surface area contributed by atoms with Gasteiger partial charge in [-0.05, 0) is 38.0 Å². The number of nitrogens with zero attached hydrogens (tertiary/aromatic N) is 4. The van der Waals surface area contributed by atoms with E-state index in [1.165, 1.54) is 0 Å². The first kappa shape index (κ1) is 15.2. The molecule has 0 aliphatic rings. The second-order valence-corrected chi connectivity index (χ2v) is 5.63. The van der Waals surface area contributed by atoms with Crippen molar-refractivity contribution < 1.29 is 4.79 Å². The maximum absolute atomic E-state index is 12.1. The maximum atomic E-state index is 12.1. The molecule has 0 aliphatic heterocycles. The number of carbonyl (C=O) groups excluding carboxylic acids is 1. The van der Waals surface area contributed by atoms with Crippen LogP contribution in [0.5, 0.6) is 0 Å². The highest BCUT2D eigenvalue weighted by Gasteiger charge is 2.12. The normalized spacial score (nSPS) is 11.1. The van der Waals surface area contributed by atoms with Crippen LogP contribution in [0, 0.1) is 13.8 Å². The van der Waals surface area contributed by atoms with Crippen molar-refractivity contribution >= 4 is 16.9 Å². The molecule has 0 fully saturated rings. The van der Waals surface area contributed by atoms with Gasteiger partial charge in [0.1, 0.15) is 0 Å². The Morgan fingerprint density at radius 1 is 1.39 bits per heavy atom. The predicted octanol–water partition coefficient (Wildman–Crippen LogP) is 1.56. The highest BCUT2D eigenvalue weighted by molar-refractivity contribution is 5.79. The lowest BCUT2D eigenvalue weighted by Crippen LogP contribution is -2.23. The Morgan fingerprint density at radius 3 is 2.96 bits per heavy atom. The quantitative estimate of drug-likeness (QED) is 0.748. The minimum atomic E-state index is 0.0132. The molecule has 0 aliphatic carbocycles. The standard InChI is InChI=1S/C16H20N6O/c1-10-12(11(2)22(3)21-10)6-7-15(23)18-9-14-13-5-4-8-17-16(13)20-19-14/h4-5,8H,6-7,9H2,1-3H3,(H,18,23)(H,17,19,20). The van der Waals surface area contributed by atoms with Gasteiger partial charge in [-0.25, -0.2) is 4.98 Å². The lowest BCUT2D eigenvalue weighted by molar-refractivity contribution is -0.121. The fraction of sp³-hybridized carbons (Fsp3) is 0.375. The van der Waals surface area contributed by atoms with E-state index in [-0.39, 0.29) is 5.91 Å². The highest BCUT2D eigenvalue weighted by atomic mass is 16.1. The SMILES string of the molecule is Cc1nn(C)c(C)c1CCC(=O)NCc1[nH]nc2ncccc12. The first-order valence-corrected chi connectivity index (χ1v) is 7.60. The molecule has 0 bridgehead atoms. The number of aromatic nitrogens is 5. The van der Waals surface area contributed by atoms with Crippen LogP contribution in [-0.2, 0) is 24.8 Å². The van der Waals surface area contributed by atoms with E-state index < -0.39 is 0 Å². The molecule has 7 heteroatoms. The van der Waals surface area contributed by atoms with E-state index >= 15 is 0 Å². The van der Waals surface area contributed by atoms with E-state index in [1.807, 2.05) is 37.7 Å². The Bertz CT molecular complexity index is 847. The summed E-state index contributed by atoms with van der Waals surface area (Å²) in [5.74, 6) is 0.0132. The van der Waals surface area contributed by atoms with Gasteiger partial charge in [0.15, 0.2) is 5.65 Å². The Kier molecular flexibility index (Phi) is 4.10. The van der Waals surface area contributed by atoms with Crippen LogP contribution in [0.1, 0.15) is 29.1 Å². The predicted molar refractivity (Wildman–Crippen MR) is 86.7 cm³/mol. The summed E-state index contributed by atoms with van der Waals surface area (Å²) in [6, 6.07) is 3.80. The smallest absolute Gasteiger partial charge is 0.220 e. The molecular formula is C16H20N6O. The van der Waals surface area contributed by atoms with Crippen LogP contribution in [0.3, 0.4) is 0 Å². The van der Waals surface area contributed by atoms with Crippen molar-refractivity contribution in [2.45, 2.75) is 33.2 Å². The molecule has 23 heavy (non-hydrogen) atoms. The van der Waals surface area contributed by atoms with Gasteiger partial charge in [-0.1, -0.05) is 0 Å².